The van der Waals surface area contributed by atoms with Crippen LogP contribution in [0.15, 0.2) is 41.5 Å². The van der Waals surface area contributed by atoms with Gasteiger partial charge in [0, 0.05) is 42.3 Å². The van der Waals surface area contributed by atoms with Crippen LogP contribution in [0.2, 0.25) is 0 Å². The monoisotopic (exact) mass is 349 g/mol. The molecule has 4 rings (SSSR count). The molecule has 3 aromatic rings. The maximum atomic E-state index is 12.3. The van der Waals surface area contributed by atoms with E-state index >= 15 is 0 Å². The number of hydrogen-bond donors (Lipinski definition) is 2. The maximum Gasteiger partial charge on any atom is 0.252 e. The van der Waals surface area contributed by atoms with E-state index in [-0.39, 0.29) is 11.6 Å². The molecule has 0 saturated heterocycles. The number of aryl methyl sites for hydroxylation is 1. The predicted molar refractivity (Wildman–Crippen MR) is 104 cm³/mol. The first-order valence-electron chi connectivity index (χ1n) is 9.00. The van der Waals surface area contributed by atoms with Crippen molar-refractivity contribution in [1.29, 1.82) is 0 Å². The van der Waals surface area contributed by atoms with Gasteiger partial charge in [-0.1, -0.05) is 6.42 Å². The average molecular weight is 349 g/mol. The van der Waals surface area contributed by atoms with Crippen LogP contribution < -0.4 is 16.6 Å². The number of hydrogen-bond acceptors (Lipinski definition) is 5. The van der Waals surface area contributed by atoms with Gasteiger partial charge in [0.1, 0.15) is 5.82 Å². The number of pyridine rings is 1. The molecular formula is C20H23N5O. The van der Waals surface area contributed by atoms with E-state index in [1.807, 2.05) is 31.5 Å². The van der Waals surface area contributed by atoms with Crippen molar-refractivity contribution in [3.63, 3.8) is 0 Å². The number of nitrogen functional groups attached to an aromatic ring is 1. The summed E-state index contributed by atoms with van der Waals surface area (Å²) in [5.74, 6) is 1.34. The third kappa shape index (κ3) is 2.92. The molecule has 1 atom stereocenters. The van der Waals surface area contributed by atoms with Crippen LogP contribution >= 0.6 is 0 Å². The molecule has 1 fully saturated rings. The van der Waals surface area contributed by atoms with Crippen molar-refractivity contribution >= 4 is 22.3 Å². The molecule has 2 aromatic heterocycles. The zero-order chi connectivity index (χ0) is 18.3. The highest BCUT2D eigenvalue weighted by molar-refractivity contribution is 5.93. The van der Waals surface area contributed by atoms with Crippen molar-refractivity contribution in [1.82, 2.24) is 14.5 Å². The van der Waals surface area contributed by atoms with Crippen molar-refractivity contribution in [2.45, 2.75) is 38.1 Å². The second-order valence-corrected chi connectivity index (χ2v) is 7.10. The molecule has 1 aliphatic rings. The van der Waals surface area contributed by atoms with E-state index in [2.05, 4.69) is 15.3 Å². The van der Waals surface area contributed by atoms with E-state index in [1.165, 1.54) is 24.8 Å². The molecular weight excluding hydrogens is 326 g/mol. The average Bonchev–Trinajstić information content (AvgIpc) is 2.58. The van der Waals surface area contributed by atoms with E-state index in [0.29, 0.717) is 17.4 Å². The molecule has 3 N–H and O–H groups in total. The number of rotatable bonds is 4. The molecule has 0 amide bonds. The summed E-state index contributed by atoms with van der Waals surface area (Å²) in [5, 5.41) is 4.29. The fourth-order valence-electron chi connectivity index (χ4n) is 3.42. The van der Waals surface area contributed by atoms with Crippen LogP contribution in [-0.4, -0.2) is 14.5 Å². The summed E-state index contributed by atoms with van der Waals surface area (Å²) in [6, 6.07) is 7.02. The van der Waals surface area contributed by atoms with Gasteiger partial charge < -0.3 is 15.6 Å². The number of nitrogens with two attached hydrogens (primary N) is 1. The summed E-state index contributed by atoms with van der Waals surface area (Å²) in [5.41, 5.74) is 9.34. The number of anilines is 2. The van der Waals surface area contributed by atoms with Crippen molar-refractivity contribution in [3.8, 4) is 0 Å². The number of fused-ring (bicyclic) bond motifs is 1. The van der Waals surface area contributed by atoms with Crippen molar-refractivity contribution in [2.24, 2.45) is 7.05 Å². The quantitative estimate of drug-likeness (QED) is 0.706. The minimum absolute atomic E-state index is 0.0711. The first kappa shape index (κ1) is 16.6. The normalized spacial score (nSPS) is 15.6. The van der Waals surface area contributed by atoms with Gasteiger partial charge >= 0.3 is 0 Å². The van der Waals surface area contributed by atoms with E-state index in [0.717, 1.165) is 16.6 Å². The summed E-state index contributed by atoms with van der Waals surface area (Å²) >= 11 is 0. The van der Waals surface area contributed by atoms with Gasteiger partial charge in [-0.05, 0) is 49.4 Å². The van der Waals surface area contributed by atoms with E-state index in [4.69, 9.17) is 5.73 Å². The van der Waals surface area contributed by atoms with Gasteiger partial charge in [0.15, 0.2) is 0 Å². The first-order valence-corrected chi connectivity index (χ1v) is 9.00. The zero-order valence-corrected chi connectivity index (χ0v) is 15.1. The minimum atomic E-state index is -0.123. The van der Waals surface area contributed by atoms with Gasteiger partial charge in [0.25, 0.3) is 5.56 Å². The maximum absolute atomic E-state index is 12.3. The Morgan fingerprint density at radius 3 is 2.62 bits per heavy atom. The summed E-state index contributed by atoms with van der Waals surface area (Å²) in [6.45, 7) is 1.99. The highest BCUT2D eigenvalue weighted by atomic mass is 16.1. The SMILES string of the molecule is CC(Nc1cc(=O)n(C)c2ccc(N)cc12)c1ncc(C2CCC2)cn1. The summed E-state index contributed by atoms with van der Waals surface area (Å²) in [4.78, 5) is 21.3. The Labute approximate surface area is 152 Å². The lowest BCUT2D eigenvalue weighted by molar-refractivity contribution is 0.417. The standard InChI is InChI=1S/C20H23N5O/c1-12(20-22-10-14(11-23-20)13-4-3-5-13)24-17-9-19(26)25(2)18-7-6-15(21)8-16(17)18/h6-13,24H,3-5,21H2,1-2H3. The lowest BCUT2D eigenvalue weighted by Gasteiger charge is -2.25. The smallest absolute Gasteiger partial charge is 0.252 e. The van der Waals surface area contributed by atoms with Gasteiger partial charge in [-0.25, -0.2) is 9.97 Å². The second kappa shape index (κ2) is 6.44. The Morgan fingerprint density at radius 1 is 1.23 bits per heavy atom. The number of nitrogens with zero attached hydrogens (tertiary/aromatic N) is 3. The Hall–Kier alpha value is -2.89. The minimum Gasteiger partial charge on any atom is -0.399 e. The van der Waals surface area contributed by atoms with Crippen LogP contribution in [0.5, 0.6) is 0 Å². The predicted octanol–water partition coefficient (Wildman–Crippen LogP) is 3.35. The topological polar surface area (TPSA) is 85.8 Å². The molecule has 0 radical (unpaired) electrons. The molecule has 1 saturated carbocycles. The zero-order valence-electron chi connectivity index (χ0n) is 15.1. The Kier molecular flexibility index (Phi) is 4.11. The Balaban J connectivity index is 1.65. The Morgan fingerprint density at radius 2 is 1.96 bits per heavy atom. The molecule has 6 nitrogen and oxygen atoms in total. The molecule has 0 spiro atoms. The number of aromatic nitrogens is 3. The third-order valence-electron chi connectivity index (χ3n) is 5.30. The molecule has 2 heterocycles. The van der Waals surface area contributed by atoms with Crippen molar-refractivity contribution in [3.05, 3.63) is 58.4 Å². The first-order chi connectivity index (χ1) is 12.5. The van der Waals surface area contributed by atoms with Gasteiger partial charge in [-0.15, -0.1) is 0 Å². The van der Waals surface area contributed by atoms with Crippen LogP contribution in [0.25, 0.3) is 10.9 Å². The summed E-state index contributed by atoms with van der Waals surface area (Å²) in [6.07, 6.45) is 7.63. The van der Waals surface area contributed by atoms with Gasteiger partial charge in [-0.3, -0.25) is 4.79 Å². The third-order valence-corrected chi connectivity index (χ3v) is 5.30. The van der Waals surface area contributed by atoms with Gasteiger partial charge in [-0.2, -0.15) is 0 Å². The molecule has 1 aliphatic carbocycles. The molecule has 6 heteroatoms. The van der Waals surface area contributed by atoms with Crippen LogP contribution in [0.1, 0.15) is 49.5 Å². The van der Waals surface area contributed by atoms with Crippen LogP contribution in [0, 0.1) is 0 Å². The summed E-state index contributed by atoms with van der Waals surface area (Å²) < 4.78 is 1.62. The van der Waals surface area contributed by atoms with E-state index < -0.39 is 0 Å². The van der Waals surface area contributed by atoms with E-state index in [9.17, 15) is 4.79 Å². The lowest BCUT2D eigenvalue weighted by Crippen LogP contribution is -2.19. The van der Waals surface area contributed by atoms with Crippen LogP contribution in [-0.2, 0) is 7.05 Å². The molecule has 0 aliphatic heterocycles. The molecule has 26 heavy (non-hydrogen) atoms. The molecule has 0 bridgehead atoms. The highest BCUT2D eigenvalue weighted by Gasteiger charge is 2.20. The van der Waals surface area contributed by atoms with Crippen LogP contribution in [0.4, 0.5) is 11.4 Å². The van der Waals surface area contributed by atoms with Gasteiger partial charge in [0.2, 0.25) is 0 Å². The summed E-state index contributed by atoms with van der Waals surface area (Å²) in [7, 11) is 1.76. The Bertz CT molecular complexity index is 1010. The van der Waals surface area contributed by atoms with Gasteiger partial charge in [0.05, 0.1) is 11.6 Å². The lowest BCUT2D eigenvalue weighted by atomic mass is 9.81. The fourth-order valence-corrected chi connectivity index (χ4v) is 3.42. The highest BCUT2D eigenvalue weighted by Crippen LogP contribution is 2.35. The largest absolute Gasteiger partial charge is 0.399 e. The fraction of sp³-hybridized carbons (Fsp3) is 0.350. The molecule has 134 valence electrons. The second-order valence-electron chi connectivity index (χ2n) is 7.10. The van der Waals surface area contributed by atoms with Crippen molar-refractivity contribution in [2.75, 3.05) is 11.1 Å². The van der Waals surface area contributed by atoms with Crippen LogP contribution in [0.3, 0.4) is 0 Å². The number of benzene rings is 1. The number of nitrogens with one attached hydrogen (secondary N) is 1. The van der Waals surface area contributed by atoms with Crippen molar-refractivity contribution < 1.29 is 0 Å². The molecule has 1 aromatic carbocycles. The van der Waals surface area contributed by atoms with E-state index in [1.54, 1.807) is 23.7 Å². The molecule has 1 unspecified atom stereocenters.